The second kappa shape index (κ2) is 6.03. The van der Waals surface area contributed by atoms with Crippen LogP contribution in [0.15, 0.2) is 4.42 Å². The maximum Gasteiger partial charge on any atom is 0.309 e. The molecule has 0 bridgehead atoms. The zero-order valence-electron chi connectivity index (χ0n) is 14.1. The number of hydrogen-bond acceptors (Lipinski definition) is 4. The average Bonchev–Trinajstić information content (AvgIpc) is 2.84. The molecule has 0 saturated heterocycles. The van der Waals surface area contributed by atoms with E-state index in [1.54, 1.807) is 0 Å². The van der Waals surface area contributed by atoms with Gasteiger partial charge in [0, 0.05) is 39.1 Å². The van der Waals surface area contributed by atoms with Gasteiger partial charge in [-0.3, -0.25) is 9.69 Å². The van der Waals surface area contributed by atoms with Gasteiger partial charge in [0.25, 0.3) is 5.89 Å². The van der Waals surface area contributed by atoms with E-state index in [1.165, 1.54) is 0 Å². The molecule has 1 fully saturated rings. The summed E-state index contributed by atoms with van der Waals surface area (Å²) in [6.07, 6.45) is 3.03. The van der Waals surface area contributed by atoms with Crippen LogP contribution in [0.4, 0.5) is 0 Å². The topological polar surface area (TPSA) is 49.6 Å². The molecule has 1 amide bonds. The number of carbonyl (C=O) groups is 1. The van der Waals surface area contributed by atoms with Gasteiger partial charge < -0.3 is 9.32 Å². The molecule has 3 rings (SSSR count). The zero-order valence-corrected chi connectivity index (χ0v) is 14.1. The minimum Gasteiger partial charge on any atom is -0.437 e. The lowest BCUT2D eigenvalue weighted by molar-refractivity contribution is 0.0531. The van der Waals surface area contributed by atoms with Crippen molar-refractivity contribution in [3.05, 3.63) is 17.3 Å². The predicted molar refractivity (Wildman–Crippen MR) is 84.6 cm³/mol. The highest BCUT2D eigenvalue weighted by molar-refractivity contribution is 5.89. The van der Waals surface area contributed by atoms with Crippen LogP contribution in [0.25, 0.3) is 0 Å². The third-order valence-corrected chi connectivity index (χ3v) is 4.83. The van der Waals surface area contributed by atoms with Crippen LogP contribution in [0.2, 0.25) is 0 Å². The minimum atomic E-state index is -0.0679. The van der Waals surface area contributed by atoms with Crippen molar-refractivity contribution in [3.63, 3.8) is 0 Å². The van der Waals surface area contributed by atoms with Gasteiger partial charge in [-0.15, -0.1) is 0 Å². The standard InChI is InChI=1S/C17H27N3O2/c1-11(2)9-20-6-5-15-14(10-20)18-16(22-15)17(21)19(4)13-7-12(3)8-13/h11-13H,5-10H2,1-4H3. The summed E-state index contributed by atoms with van der Waals surface area (Å²) in [6, 6.07) is 0.351. The van der Waals surface area contributed by atoms with Gasteiger partial charge in [0.1, 0.15) is 5.76 Å². The molecule has 22 heavy (non-hydrogen) atoms. The minimum absolute atomic E-state index is 0.0679. The molecule has 0 N–H and O–H groups in total. The number of rotatable bonds is 4. The smallest absolute Gasteiger partial charge is 0.309 e. The van der Waals surface area contributed by atoms with Gasteiger partial charge in [0.05, 0.1) is 5.69 Å². The van der Waals surface area contributed by atoms with Crippen LogP contribution in [0.3, 0.4) is 0 Å². The van der Waals surface area contributed by atoms with Gasteiger partial charge in [0.2, 0.25) is 0 Å². The molecule has 1 aliphatic carbocycles. The second-order valence-electron chi connectivity index (χ2n) is 7.41. The van der Waals surface area contributed by atoms with E-state index < -0.39 is 0 Å². The van der Waals surface area contributed by atoms with Crippen molar-refractivity contribution >= 4 is 5.91 Å². The van der Waals surface area contributed by atoms with E-state index >= 15 is 0 Å². The molecule has 0 unspecified atom stereocenters. The third kappa shape index (κ3) is 3.05. The van der Waals surface area contributed by atoms with Crippen LogP contribution in [0.1, 0.15) is 55.8 Å². The Balaban J connectivity index is 1.67. The van der Waals surface area contributed by atoms with Gasteiger partial charge in [-0.05, 0) is 24.7 Å². The molecule has 2 aliphatic rings. The number of carbonyl (C=O) groups excluding carboxylic acids is 1. The summed E-state index contributed by atoms with van der Waals surface area (Å²) >= 11 is 0. The first-order chi connectivity index (χ1) is 10.4. The summed E-state index contributed by atoms with van der Waals surface area (Å²) in [6.45, 7) is 9.53. The van der Waals surface area contributed by atoms with Gasteiger partial charge in [-0.1, -0.05) is 20.8 Å². The molecule has 1 saturated carbocycles. The molecule has 5 heteroatoms. The molecule has 0 aromatic carbocycles. The van der Waals surface area contributed by atoms with E-state index in [-0.39, 0.29) is 11.8 Å². The number of nitrogens with zero attached hydrogens (tertiary/aromatic N) is 3. The number of oxazole rings is 1. The van der Waals surface area contributed by atoms with Gasteiger partial charge in [-0.25, -0.2) is 4.98 Å². The Labute approximate surface area is 132 Å². The van der Waals surface area contributed by atoms with E-state index in [0.29, 0.717) is 12.0 Å². The first kappa shape index (κ1) is 15.5. The van der Waals surface area contributed by atoms with Crippen molar-refractivity contribution in [2.24, 2.45) is 11.8 Å². The number of amides is 1. The lowest BCUT2D eigenvalue weighted by Crippen LogP contribution is -2.44. The SMILES string of the molecule is CC(C)CN1CCc2oc(C(=O)N(C)C3CC(C)C3)nc2C1. The van der Waals surface area contributed by atoms with Crippen molar-refractivity contribution in [1.82, 2.24) is 14.8 Å². The molecule has 1 aliphatic heterocycles. The molecule has 122 valence electrons. The fourth-order valence-electron chi connectivity index (χ4n) is 3.51. The van der Waals surface area contributed by atoms with Crippen LogP contribution in [0.5, 0.6) is 0 Å². The van der Waals surface area contributed by atoms with Crippen LogP contribution in [0, 0.1) is 11.8 Å². The first-order valence-electron chi connectivity index (χ1n) is 8.42. The summed E-state index contributed by atoms with van der Waals surface area (Å²) in [4.78, 5) is 21.2. The highest BCUT2D eigenvalue weighted by Gasteiger charge is 2.34. The normalized spacial score (nSPS) is 25.0. The van der Waals surface area contributed by atoms with Crippen molar-refractivity contribution in [1.29, 1.82) is 0 Å². The van der Waals surface area contributed by atoms with Crippen LogP contribution < -0.4 is 0 Å². The molecular weight excluding hydrogens is 278 g/mol. The highest BCUT2D eigenvalue weighted by Crippen LogP contribution is 2.31. The molecule has 5 nitrogen and oxygen atoms in total. The maximum absolute atomic E-state index is 12.5. The Morgan fingerprint density at radius 2 is 2.18 bits per heavy atom. The predicted octanol–water partition coefficient (Wildman–Crippen LogP) is 2.56. The van der Waals surface area contributed by atoms with E-state index in [2.05, 4.69) is 30.7 Å². The highest BCUT2D eigenvalue weighted by atomic mass is 16.4. The monoisotopic (exact) mass is 305 g/mol. The Kier molecular flexibility index (Phi) is 4.26. The average molecular weight is 305 g/mol. The summed E-state index contributed by atoms with van der Waals surface area (Å²) in [7, 11) is 1.87. The van der Waals surface area contributed by atoms with Gasteiger partial charge in [0.15, 0.2) is 0 Å². The van der Waals surface area contributed by atoms with Gasteiger partial charge in [-0.2, -0.15) is 0 Å². The number of aromatic nitrogens is 1. The number of hydrogen-bond donors (Lipinski definition) is 0. The second-order valence-corrected chi connectivity index (χ2v) is 7.41. The largest absolute Gasteiger partial charge is 0.437 e. The molecule has 0 atom stereocenters. The van der Waals surface area contributed by atoms with E-state index in [1.807, 2.05) is 11.9 Å². The van der Waals surface area contributed by atoms with Crippen molar-refractivity contribution in [2.75, 3.05) is 20.1 Å². The van der Waals surface area contributed by atoms with E-state index in [4.69, 9.17) is 4.42 Å². The summed E-state index contributed by atoms with van der Waals surface area (Å²) in [5, 5.41) is 0. The van der Waals surface area contributed by atoms with E-state index in [0.717, 1.165) is 56.3 Å². The molecule has 0 radical (unpaired) electrons. The van der Waals surface area contributed by atoms with Gasteiger partial charge >= 0.3 is 5.91 Å². The third-order valence-electron chi connectivity index (χ3n) is 4.83. The van der Waals surface area contributed by atoms with Crippen LogP contribution in [-0.4, -0.2) is 46.9 Å². The molecular formula is C17H27N3O2. The summed E-state index contributed by atoms with van der Waals surface area (Å²) in [5.41, 5.74) is 0.950. The maximum atomic E-state index is 12.5. The van der Waals surface area contributed by atoms with Crippen molar-refractivity contribution in [3.8, 4) is 0 Å². The molecule has 2 heterocycles. The van der Waals surface area contributed by atoms with Crippen LogP contribution >= 0.6 is 0 Å². The fraction of sp³-hybridized carbons (Fsp3) is 0.765. The fourth-order valence-corrected chi connectivity index (χ4v) is 3.51. The summed E-state index contributed by atoms with van der Waals surface area (Å²) < 4.78 is 5.76. The summed E-state index contributed by atoms with van der Waals surface area (Å²) in [5.74, 6) is 2.47. The Morgan fingerprint density at radius 3 is 2.82 bits per heavy atom. The Morgan fingerprint density at radius 1 is 1.45 bits per heavy atom. The van der Waals surface area contributed by atoms with Crippen molar-refractivity contribution in [2.45, 2.75) is 52.6 Å². The molecule has 1 aromatic heterocycles. The number of fused-ring (bicyclic) bond motifs is 1. The first-order valence-corrected chi connectivity index (χ1v) is 8.42. The Bertz CT molecular complexity index is 546. The quantitative estimate of drug-likeness (QED) is 0.858. The lowest BCUT2D eigenvalue weighted by Gasteiger charge is -2.38. The van der Waals surface area contributed by atoms with Crippen LogP contribution in [-0.2, 0) is 13.0 Å². The zero-order chi connectivity index (χ0) is 15.9. The van der Waals surface area contributed by atoms with Crippen molar-refractivity contribution < 1.29 is 9.21 Å². The molecule has 1 aromatic rings. The molecule has 0 spiro atoms. The lowest BCUT2D eigenvalue weighted by atomic mass is 9.81. The Hall–Kier alpha value is -1.36. The van der Waals surface area contributed by atoms with E-state index in [9.17, 15) is 4.79 Å².